The van der Waals surface area contributed by atoms with Crippen LogP contribution in [0.25, 0.3) is 0 Å². The molecule has 1 aliphatic rings. The summed E-state index contributed by atoms with van der Waals surface area (Å²) in [7, 11) is 1.87. The highest BCUT2D eigenvalue weighted by Crippen LogP contribution is 2.17. The van der Waals surface area contributed by atoms with Crippen LogP contribution in [-0.2, 0) is 17.8 Å². The zero-order valence-corrected chi connectivity index (χ0v) is 7.79. The third-order valence-electron chi connectivity index (χ3n) is 2.56. The number of amides is 1. The fourth-order valence-corrected chi connectivity index (χ4v) is 1.73. The Hall–Kier alpha value is -1.31. The Morgan fingerprint density at radius 3 is 2.62 bits per heavy atom. The molecule has 0 fully saturated rings. The van der Waals surface area contributed by atoms with Crippen LogP contribution in [0.3, 0.4) is 0 Å². The SMILES string of the molecule is CN1Cc2ccccc2CCC1=O. The van der Waals surface area contributed by atoms with Crippen LogP contribution in [0, 0.1) is 0 Å². The summed E-state index contributed by atoms with van der Waals surface area (Å²) in [6.07, 6.45) is 1.53. The van der Waals surface area contributed by atoms with Gasteiger partial charge in [0.2, 0.25) is 5.91 Å². The van der Waals surface area contributed by atoms with Crippen LogP contribution in [-0.4, -0.2) is 17.9 Å². The highest BCUT2D eigenvalue weighted by Gasteiger charge is 2.15. The van der Waals surface area contributed by atoms with E-state index in [1.165, 1.54) is 11.1 Å². The number of fused-ring (bicyclic) bond motifs is 1. The second-order valence-corrected chi connectivity index (χ2v) is 3.52. The standard InChI is InChI=1S/C11H13NO/c1-12-8-10-5-3-2-4-9(10)6-7-11(12)13/h2-5H,6-8H2,1H3. The molecule has 0 bridgehead atoms. The Labute approximate surface area is 78.2 Å². The fraction of sp³-hybridized carbons (Fsp3) is 0.364. The van der Waals surface area contributed by atoms with E-state index in [1.807, 2.05) is 19.2 Å². The van der Waals surface area contributed by atoms with E-state index in [-0.39, 0.29) is 5.91 Å². The van der Waals surface area contributed by atoms with E-state index in [4.69, 9.17) is 0 Å². The van der Waals surface area contributed by atoms with Crippen molar-refractivity contribution in [2.24, 2.45) is 0 Å². The van der Waals surface area contributed by atoms with E-state index >= 15 is 0 Å². The van der Waals surface area contributed by atoms with Gasteiger partial charge in [0.05, 0.1) is 0 Å². The second kappa shape index (κ2) is 3.21. The topological polar surface area (TPSA) is 20.3 Å². The molecule has 1 aromatic rings. The molecular formula is C11H13NO. The molecule has 0 atom stereocenters. The summed E-state index contributed by atoms with van der Waals surface area (Å²) in [4.78, 5) is 13.2. The van der Waals surface area contributed by atoms with Crippen molar-refractivity contribution in [1.29, 1.82) is 0 Å². The summed E-state index contributed by atoms with van der Waals surface area (Å²) in [5.74, 6) is 0.246. The lowest BCUT2D eigenvalue weighted by Gasteiger charge is -2.13. The van der Waals surface area contributed by atoms with Crippen LogP contribution in [0.4, 0.5) is 0 Å². The third kappa shape index (κ3) is 1.57. The lowest BCUT2D eigenvalue weighted by atomic mass is 10.0. The zero-order chi connectivity index (χ0) is 9.26. The van der Waals surface area contributed by atoms with Crippen molar-refractivity contribution < 1.29 is 4.79 Å². The molecule has 2 nitrogen and oxygen atoms in total. The molecule has 0 aliphatic carbocycles. The van der Waals surface area contributed by atoms with Gasteiger partial charge in [0.15, 0.2) is 0 Å². The molecule has 0 spiro atoms. The largest absolute Gasteiger partial charge is 0.341 e. The molecule has 1 aromatic carbocycles. The molecular weight excluding hydrogens is 162 g/mol. The normalized spacial score (nSPS) is 16.7. The summed E-state index contributed by atoms with van der Waals surface area (Å²) < 4.78 is 0. The van der Waals surface area contributed by atoms with Crippen molar-refractivity contribution in [2.45, 2.75) is 19.4 Å². The molecule has 68 valence electrons. The highest BCUT2D eigenvalue weighted by atomic mass is 16.2. The number of hydrogen-bond donors (Lipinski definition) is 0. The fourth-order valence-electron chi connectivity index (χ4n) is 1.73. The van der Waals surface area contributed by atoms with Crippen LogP contribution in [0.1, 0.15) is 17.5 Å². The van der Waals surface area contributed by atoms with Crippen molar-refractivity contribution in [3.63, 3.8) is 0 Å². The third-order valence-corrected chi connectivity index (χ3v) is 2.56. The minimum atomic E-state index is 0.246. The summed E-state index contributed by atoms with van der Waals surface area (Å²) in [5, 5.41) is 0. The van der Waals surface area contributed by atoms with Crippen molar-refractivity contribution >= 4 is 5.91 Å². The number of nitrogens with zero attached hydrogens (tertiary/aromatic N) is 1. The number of hydrogen-bond acceptors (Lipinski definition) is 1. The number of rotatable bonds is 0. The van der Waals surface area contributed by atoms with Gasteiger partial charge in [-0.2, -0.15) is 0 Å². The van der Waals surface area contributed by atoms with Gasteiger partial charge < -0.3 is 4.90 Å². The van der Waals surface area contributed by atoms with Crippen LogP contribution >= 0.6 is 0 Å². The van der Waals surface area contributed by atoms with Gasteiger partial charge in [0, 0.05) is 20.0 Å². The zero-order valence-electron chi connectivity index (χ0n) is 7.79. The Morgan fingerprint density at radius 1 is 1.15 bits per heavy atom. The van der Waals surface area contributed by atoms with E-state index in [2.05, 4.69) is 12.1 Å². The number of benzene rings is 1. The first kappa shape index (κ1) is 8.30. The van der Waals surface area contributed by atoms with Gasteiger partial charge in [-0.15, -0.1) is 0 Å². The molecule has 0 unspecified atom stereocenters. The molecule has 2 heteroatoms. The maximum absolute atomic E-state index is 11.4. The Bertz CT molecular complexity index is 333. The van der Waals surface area contributed by atoms with Crippen LogP contribution in [0.5, 0.6) is 0 Å². The second-order valence-electron chi connectivity index (χ2n) is 3.52. The van der Waals surface area contributed by atoms with E-state index in [9.17, 15) is 4.79 Å². The average molecular weight is 175 g/mol. The Morgan fingerprint density at radius 2 is 1.85 bits per heavy atom. The minimum Gasteiger partial charge on any atom is -0.341 e. The Balaban J connectivity index is 2.35. The predicted octanol–water partition coefficient (Wildman–Crippen LogP) is 1.59. The van der Waals surface area contributed by atoms with Crippen LogP contribution in [0.2, 0.25) is 0 Å². The molecule has 0 N–H and O–H groups in total. The molecule has 2 rings (SSSR count). The van der Waals surface area contributed by atoms with Crippen molar-refractivity contribution in [1.82, 2.24) is 4.90 Å². The lowest BCUT2D eigenvalue weighted by molar-refractivity contribution is -0.130. The first-order chi connectivity index (χ1) is 6.27. The van der Waals surface area contributed by atoms with Crippen molar-refractivity contribution in [2.75, 3.05) is 7.05 Å². The molecule has 0 radical (unpaired) electrons. The van der Waals surface area contributed by atoms with E-state index in [0.29, 0.717) is 6.42 Å². The van der Waals surface area contributed by atoms with Gasteiger partial charge in [-0.05, 0) is 17.5 Å². The van der Waals surface area contributed by atoms with Gasteiger partial charge in [0.1, 0.15) is 0 Å². The monoisotopic (exact) mass is 175 g/mol. The first-order valence-corrected chi connectivity index (χ1v) is 4.58. The molecule has 1 aliphatic heterocycles. The molecule has 0 saturated carbocycles. The minimum absolute atomic E-state index is 0.246. The average Bonchev–Trinajstić information content (AvgIpc) is 2.28. The number of carbonyl (C=O) groups is 1. The predicted molar refractivity (Wildman–Crippen MR) is 51.2 cm³/mol. The van der Waals surface area contributed by atoms with E-state index in [0.717, 1.165) is 13.0 Å². The first-order valence-electron chi connectivity index (χ1n) is 4.58. The summed E-state index contributed by atoms with van der Waals surface area (Å²) in [6.45, 7) is 0.759. The molecule has 13 heavy (non-hydrogen) atoms. The quantitative estimate of drug-likeness (QED) is 0.586. The Kier molecular flexibility index (Phi) is 2.05. The molecule has 1 amide bonds. The molecule has 0 aromatic heterocycles. The summed E-state index contributed by atoms with van der Waals surface area (Å²) in [6, 6.07) is 8.28. The smallest absolute Gasteiger partial charge is 0.222 e. The maximum Gasteiger partial charge on any atom is 0.222 e. The summed E-state index contributed by atoms with van der Waals surface area (Å²) in [5.41, 5.74) is 2.61. The van der Waals surface area contributed by atoms with Gasteiger partial charge in [0.25, 0.3) is 0 Å². The van der Waals surface area contributed by atoms with Crippen LogP contribution < -0.4 is 0 Å². The van der Waals surface area contributed by atoms with Gasteiger partial charge in [-0.25, -0.2) is 0 Å². The summed E-state index contributed by atoms with van der Waals surface area (Å²) >= 11 is 0. The van der Waals surface area contributed by atoms with Crippen molar-refractivity contribution in [3.8, 4) is 0 Å². The van der Waals surface area contributed by atoms with Gasteiger partial charge in [-0.3, -0.25) is 4.79 Å². The molecule has 0 saturated heterocycles. The van der Waals surface area contributed by atoms with E-state index < -0.39 is 0 Å². The van der Waals surface area contributed by atoms with E-state index in [1.54, 1.807) is 4.90 Å². The molecule has 1 heterocycles. The lowest BCUT2D eigenvalue weighted by Crippen LogP contribution is -2.24. The number of carbonyl (C=O) groups excluding carboxylic acids is 1. The number of aryl methyl sites for hydroxylation is 1. The van der Waals surface area contributed by atoms with Crippen molar-refractivity contribution in [3.05, 3.63) is 35.4 Å². The van der Waals surface area contributed by atoms with Crippen LogP contribution in [0.15, 0.2) is 24.3 Å². The van der Waals surface area contributed by atoms with Gasteiger partial charge in [-0.1, -0.05) is 24.3 Å². The maximum atomic E-state index is 11.4. The highest BCUT2D eigenvalue weighted by molar-refractivity contribution is 5.76. The van der Waals surface area contributed by atoms with Gasteiger partial charge >= 0.3 is 0 Å².